The summed E-state index contributed by atoms with van der Waals surface area (Å²) < 4.78 is 5.59. The van der Waals surface area contributed by atoms with Gasteiger partial charge in [0, 0.05) is 11.1 Å². The first-order valence-electron chi connectivity index (χ1n) is 7.91. The van der Waals surface area contributed by atoms with E-state index in [0.29, 0.717) is 12.8 Å². The Morgan fingerprint density at radius 2 is 1.82 bits per heavy atom. The molecule has 1 aromatic carbocycles. The zero-order valence-corrected chi connectivity index (χ0v) is 13.7. The van der Waals surface area contributed by atoms with Crippen LogP contribution in [0.1, 0.15) is 46.1 Å². The van der Waals surface area contributed by atoms with Gasteiger partial charge in [0.05, 0.1) is 5.41 Å². The number of benzene rings is 1. The zero-order chi connectivity index (χ0) is 16.2. The van der Waals surface area contributed by atoms with Crippen molar-refractivity contribution in [1.82, 2.24) is 0 Å². The second kappa shape index (κ2) is 4.58. The minimum atomic E-state index is -1.05. The lowest BCUT2D eigenvalue weighted by molar-refractivity contribution is -0.165. The SMILES string of the molecule is CCc1ccc(NC(=O)C23CCC(C)(C(=O)O2)C3(C)C)cc1. The van der Waals surface area contributed by atoms with E-state index < -0.39 is 16.4 Å². The van der Waals surface area contributed by atoms with Crippen LogP contribution in [0.2, 0.25) is 0 Å². The van der Waals surface area contributed by atoms with Crippen LogP contribution in [-0.4, -0.2) is 17.5 Å². The van der Waals surface area contributed by atoms with Gasteiger partial charge in [-0.15, -0.1) is 0 Å². The highest BCUT2D eigenvalue weighted by Crippen LogP contribution is 2.65. The van der Waals surface area contributed by atoms with Gasteiger partial charge >= 0.3 is 5.97 Å². The van der Waals surface area contributed by atoms with E-state index in [9.17, 15) is 9.59 Å². The number of carbonyl (C=O) groups excluding carboxylic acids is 2. The summed E-state index contributed by atoms with van der Waals surface area (Å²) in [6, 6.07) is 7.78. The molecule has 1 aliphatic heterocycles. The molecule has 1 N–H and O–H groups in total. The molecule has 1 aromatic rings. The number of rotatable bonds is 3. The van der Waals surface area contributed by atoms with Crippen molar-refractivity contribution in [2.24, 2.45) is 10.8 Å². The molecule has 4 nitrogen and oxygen atoms in total. The number of ether oxygens (including phenoxy) is 1. The molecular formula is C18H23NO3. The molecule has 0 radical (unpaired) electrons. The third kappa shape index (κ3) is 1.70. The van der Waals surface area contributed by atoms with Gasteiger partial charge in [-0.3, -0.25) is 9.59 Å². The molecule has 2 aliphatic rings. The van der Waals surface area contributed by atoms with Gasteiger partial charge in [-0.25, -0.2) is 0 Å². The number of carbonyl (C=O) groups is 2. The van der Waals surface area contributed by atoms with Crippen LogP contribution in [0.3, 0.4) is 0 Å². The van der Waals surface area contributed by atoms with Crippen molar-refractivity contribution in [3.63, 3.8) is 0 Å². The summed E-state index contributed by atoms with van der Waals surface area (Å²) in [6.45, 7) is 7.93. The predicted molar refractivity (Wildman–Crippen MR) is 84.4 cm³/mol. The summed E-state index contributed by atoms with van der Waals surface area (Å²) in [7, 11) is 0. The number of hydrogen-bond acceptors (Lipinski definition) is 3. The van der Waals surface area contributed by atoms with Crippen molar-refractivity contribution in [3.8, 4) is 0 Å². The molecule has 22 heavy (non-hydrogen) atoms. The summed E-state index contributed by atoms with van der Waals surface area (Å²) in [5.41, 5.74) is -0.176. The van der Waals surface area contributed by atoms with E-state index in [1.165, 1.54) is 5.56 Å². The molecule has 1 saturated heterocycles. The summed E-state index contributed by atoms with van der Waals surface area (Å²) in [4.78, 5) is 25.1. The van der Waals surface area contributed by atoms with Crippen molar-refractivity contribution in [2.45, 2.75) is 52.6 Å². The molecule has 2 fully saturated rings. The van der Waals surface area contributed by atoms with Crippen molar-refractivity contribution < 1.29 is 14.3 Å². The maximum Gasteiger partial charge on any atom is 0.313 e. The number of hydrogen-bond donors (Lipinski definition) is 1. The molecule has 2 bridgehead atoms. The van der Waals surface area contributed by atoms with Crippen LogP contribution in [-0.2, 0) is 20.7 Å². The topological polar surface area (TPSA) is 55.4 Å². The summed E-state index contributed by atoms with van der Waals surface area (Å²) >= 11 is 0. The number of aryl methyl sites for hydroxylation is 1. The zero-order valence-electron chi connectivity index (χ0n) is 13.7. The molecule has 2 atom stereocenters. The normalized spacial score (nSPS) is 31.9. The quantitative estimate of drug-likeness (QED) is 0.871. The summed E-state index contributed by atoms with van der Waals surface area (Å²) in [5, 5.41) is 2.93. The third-order valence-corrected chi connectivity index (χ3v) is 6.07. The number of amides is 1. The van der Waals surface area contributed by atoms with Gasteiger partial charge in [-0.05, 0) is 43.9 Å². The highest BCUT2D eigenvalue weighted by molar-refractivity contribution is 6.03. The van der Waals surface area contributed by atoms with Gasteiger partial charge in [0.15, 0.2) is 5.60 Å². The van der Waals surface area contributed by atoms with Crippen molar-refractivity contribution in [1.29, 1.82) is 0 Å². The van der Waals surface area contributed by atoms with E-state index in [1.807, 2.05) is 45.0 Å². The highest BCUT2D eigenvalue weighted by atomic mass is 16.6. The van der Waals surface area contributed by atoms with E-state index in [1.54, 1.807) is 0 Å². The Balaban J connectivity index is 1.87. The molecular weight excluding hydrogens is 278 g/mol. The Hall–Kier alpha value is -1.84. The smallest absolute Gasteiger partial charge is 0.313 e. The Kier molecular flexibility index (Phi) is 3.13. The van der Waals surface area contributed by atoms with Crippen LogP contribution in [0.25, 0.3) is 0 Å². The Bertz CT molecular complexity index is 634. The molecule has 0 aromatic heterocycles. The van der Waals surface area contributed by atoms with E-state index in [4.69, 9.17) is 4.74 Å². The molecule has 1 aliphatic carbocycles. The monoisotopic (exact) mass is 301 g/mol. The van der Waals surface area contributed by atoms with Crippen LogP contribution in [0.4, 0.5) is 5.69 Å². The molecule has 0 spiro atoms. The van der Waals surface area contributed by atoms with E-state index in [2.05, 4.69) is 12.2 Å². The van der Waals surface area contributed by atoms with Crippen molar-refractivity contribution >= 4 is 17.6 Å². The van der Waals surface area contributed by atoms with E-state index in [-0.39, 0.29) is 11.9 Å². The lowest BCUT2D eigenvalue weighted by Gasteiger charge is -2.35. The van der Waals surface area contributed by atoms with Crippen LogP contribution < -0.4 is 5.32 Å². The fourth-order valence-electron chi connectivity index (χ4n) is 3.80. The van der Waals surface area contributed by atoms with Gasteiger partial charge < -0.3 is 10.1 Å². The van der Waals surface area contributed by atoms with Gasteiger partial charge in [0.25, 0.3) is 5.91 Å². The number of fused-ring (bicyclic) bond motifs is 2. The van der Waals surface area contributed by atoms with Crippen LogP contribution in [0, 0.1) is 10.8 Å². The molecule has 118 valence electrons. The molecule has 1 saturated carbocycles. The maximum absolute atomic E-state index is 12.9. The largest absolute Gasteiger partial charge is 0.448 e. The fraction of sp³-hybridized carbons (Fsp3) is 0.556. The predicted octanol–water partition coefficient (Wildman–Crippen LogP) is 3.31. The van der Waals surface area contributed by atoms with Gasteiger partial charge in [0.1, 0.15) is 0 Å². The number of esters is 1. The summed E-state index contributed by atoms with van der Waals surface area (Å²) in [5.74, 6) is -0.462. The number of nitrogens with one attached hydrogen (secondary N) is 1. The van der Waals surface area contributed by atoms with Crippen molar-refractivity contribution in [2.75, 3.05) is 5.32 Å². The second-order valence-electron chi connectivity index (χ2n) is 7.18. The van der Waals surface area contributed by atoms with E-state index in [0.717, 1.165) is 12.1 Å². The molecule has 1 heterocycles. The fourth-order valence-corrected chi connectivity index (χ4v) is 3.80. The van der Waals surface area contributed by atoms with E-state index >= 15 is 0 Å². The number of anilines is 1. The third-order valence-electron chi connectivity index (χ3n) is 6.07. The van der Waals surface area contributed by atoms with Gasteiger partial charge in [-0.2, -0.15) is 0 Å². The van der Waals surface area contributed by atoms with Gasteiger partial charge in [0.2, 0.25) is 0 Å². The first-order valence-corrected chi connectivity index (χ1v) is 7.91. The van der Waals surface area contributed by atoms with Crippen LogP contribution >= 0.6 is 0 Å². The lowest BCUT2D eigenvalue weighted by atomic mass is 9.66. The first kappa shape index (κ1) is 15.1. The van der Waals surface area contributed by atoms with Crippen LogP contribution in [0.15, 0.2) is 24.3 Å². The van der Waals surface area contributed by atoms with Crippen LogP contribution in [0.5, 0.6) is 0 Å². The molecule has 4 heteroatoms. The molecule has 3 rings (SSSR count). The second-order valence-corrected chi connectivity index (χ2v) is 7.18. The minimum absolute atomic E-state index is 0.212. The Morgan fingerprint density at radius 1 is 1.18 bits per heavy atom. The average molecular weight is 301 g/mol. The minimum Gasteiger partial charge on any atom is -0.448 e. The van der Waals surface area contributed by atoms with Gasteiger partial charge in [-0.1, -0.05) is 32.9 Å². The summed E-state index contributed by atoms with van der Waals surface area (Å²) in [6.07, 6.45) is 2.24. The Labute approximate surface area is 131 Å². The standard InChI is InChI=1S/C18H23NO3/c1-5-12-6-8-13(9-7-12)19-14(20)18-11-10-17(4,15(21)22-18)16(18,2)3/h6-9H,5,10-11H2,1-4H3,(H,19,20). The molecule has 2 unspecified atom stereocenters. The average Bonchev–Trinajstić information content (AvgIpc) is 2.78. The lowest BCUT2D eigenvalue weighted by Crippen LogP contribution is -2.50. The molecule has 1 amide bonds. The first-order chi connectivity index (χ1) is 10.3. The Morgan fingerprint density at radius 3 is 2.27 bits per heavy atom. The van der Waals surface area contributed by atoms with Crippen molar-refractivity contribution in [3.05, 3.63) is 29.8 Å². The maximum atomic E-state index is 12.9. The highest BCUT2D eigenvalue weighted by Gasteiger charge is 2.75.